The maximum atomic E-state index is 13.2. The van der Waals surface area contributed by atoms with Crippen LogP contribution in [0.1, 0.15) is 45.1 Å². The van der Waals surface area contributed by atoms with Gasteiger partial charge in [-0.3, -0.25) is 9.69 Å². The highest BCUT2D eigenvalue weighted by Gasteiger charge is 2.49. The van der Waals surface area contributed by atoms with Gasteiger partial charge in [-0.25, -0.2) is 9.59 Å². The smallest absolute Gasteiger partial charge is 0.338 e. The largest absolute Gasteiger partial charge is 0.497 e. The van der Waals surface area contributed by atoms with Gasteiger partial charge in [0.2, 0.25) is 5.91 Å². The fourth-order valence-electron chi connectivity index (χ4n) is 3.65. The zero-order valence-electron chi connectivity index (χ0n) is 18.7. The molecule has 2 heterocycles. The molecule has 1 saturated heterocycles. The maximum Gasteiger partial charge on any atom is 0.338 e. The van der Waals surface area contributed by atoms with Crippen LogP contribution in [0.15, 0.2) is 46.3 Å². The van der Waals surface area contributed by atoms with Crippen molar-refractivity contribution in [2.24, 2.45) is 5.73 Å². The van der Waals surface area contributed by atoms with Gasteiger partial charge < -0.3 is 19.9 Å². The Balaban J connectivity index is 2.20. The number of nitrogens with zero attached hydrogens (tertiary/aromatic N) is 1. The first-order valence-corrected chi connectivity index (χ1v) is 11.5. The average Bonchev–Trinajstić information content (AvgIpc) is 3.08. The van der Waals surface area contributed by atoms with Crippen molar-refractivity contribution in [3.8, 4) is 5.75 Å². The lowest BCUT2D eigenvalue weighted by molar-refractivity contribution is -0.140. The molecule has 1 aromatic rings. The summed E-state index contributed by atoms with van der Waals surface area (Å²) in [5.74, 6) is -1.79. The second-order valence-corrected chi connectivity index (χ2v) is 8.70. The van der Waals surface area contributed by atoms with Crippen LogP contribution in [0.25, 0.3) is 0 Å². The third kappa shape index (κ3) is 4.34. The maximum absolute atomic E-state index is 13.2. The van der Waals surface area contributed by atoms with E-state index in [0.29, 0.717) is 22.8 Å². The second kappa shape index (κ2) is 10.1. The van der Waals surface area contributed by atoms with E-state index in [1.165, 1.54) is 16.7 Å². The molecule has 9 heteroatoms. The molecule has 0 spiro atoms. The van der Waals surface area contributed by atoms with Gasteiger partial charge in [-0.2, -0.15) is 0 Å². The summed E-state index contributed by atoms with van der Waals surface area (Å²) in [5.41, 5.74) is 7.30. The molecule has 0 aliphatic carbocycles. The van der Waals surface area contributed by atoms with Crippen LogP contribution >= 0.6 is 11.8 Å². The lowest BCUT2D eigenvalue weighted by Gasteiger charge is -2.33. The summed E-state index contributed by atoms with van der Waals surface area (Å²) in [6.07, 6.45) is 1.54. The molecule has 0 bridgehead atoms. The topological polar surface area (TPSA) is 108 Å². The number of methoxy groups -OCH3 is 1. The summed E-state index contributed by atoms with van der Waals surface area (Å²) in [6.45, 7) is 5.78. The van der Waals surface area contributed by atoms with Crippen molar-refractivity contribution in [2.75, 3.05) is 20.3 Å². The lowest BCUT2D eigenvalue weighted by atomic mass is 9.82. The minimum absolute atomic E-state index is 0.0165. The van der Waals surface area contributed by atoms with E-state index in [9.17, 15) is 14.4 Å². The SMILES string of the molecule is CCCCOC(=O)C1=C(N)N2C(=O)[C@@H](C)SC2=C(C(=O)OCC)[C@H]1c1ccc(OC)cc1. The summed E-state index contributed by atoms with van der Waals surface area (Å²) >= 11 is 1.23. The number of fused-ring (bicyclic) bond motifs is 1. The fraction of sp³-hybridized carbons (Fsp3) is 0.435. The number of rotatable bonds is 8. The Morgan fingerprint density at radius 3 is 2.34 bits per heavy atom. The third-order valence-corrected chi connectivity index (χ3v) is 6.46. The molecule has 0 saturated carbocycles. The van der Waals surface area contributed by atoms with Gasteiger partial charge in [-0.05, 0) is 38.0 Å². The van der Waals surface area contributed by atoms with Crippen LogP contribution in [-0.2, 0) is 23.9 Å². The first kappa shape index (κ1) is 23.7. The number of hydrogen-bond donors (Lipinski definition) is 1. The van der Waals surface area contributed by atoms with Crippen LogP contribution in [0.3, 0.4) is 0 Å². The summed E-state index contributed by atoms with van der Waals surface area (Å²) in [5, 5.41) is -0.0654. The molecule has 0 radical (unpaired) electrons. The standard InChI is InChI=1S/C23H28N2O6S/c1-5-7-12-31-22(27)17-16(14-8-10-15(29-4)11-9-14)18(23(28)30-6-2)21-25(19(17)24)20(26)13(3)32-21/h8-11,13,16H,5-7,12,24H2,1-4H3/t13-,16+/m1/s1. The summed E-state index contributed by atoms with van der Waals surface area (Å²) in [6, 6.07) is 6.99. The fourth-order valence-corrected chi connectivity index (χ4v) is 4.82. The predicted octanol–water partition coefficient (Wildman–Crippen LogP) is 3.04. The van der Waals surface area contributed by atoms with Crippen LogP contribution in [0.2, 0.25) is 0 Å². The third-order valence-electron chi connectivity index (χ3n) is 5.28. The highest BCUT2D eigenvalue weighted by Crippen LogP contribution is 2.49. The zero-order chi connectivity index (χ0) is 23.4. The van der Waals surface area contributed by atoms with Gasteiger partial charge in [0.05, 0.1) is 47.7 Å². The van der Waals surface area contributed by atoms with E-state index >= 15 is 0 Å². The molecular weight excluding hydrogens is 432 g/mol. The molecule has 2 atom stereocenters. The van der Waals surface area contributed by atoms with Crippen LogP contribution in [0.5, 0.6) is 5.75 Å². The average molecular weight is 461 g/mol. The van der Waals surface area contributed by atoms with Gasteiger partial charge in [-0.15, -0.1) is 0 Å². The van der Waals surface area contributed by atoms with Crippen molar-refractivity contribution in [3.63, 3.8) is 0 Å². The van der Waals surface area contributed by atoms with Crippen molar-refractivity contribution in [1.29, 1.82) is 0 Å². The number of carbonyl (C=O) groups excluding carboxylic acids is 3. The first-order valence-electron chi connectivity index (χ1n) is 10.6. The minimum Gasteiger partial charge on any atom is -0.497 e. The van der Waals surface area contributed by atoms with Gasteiger partial charge in [0.25, 0.3) is 0 Å². The highest BCUT2D eigenvalue weighted by molar-refractivity contribution is 8.04. The molecule has 3 rings (SSSR count). The van der Waals surface area contributed by atoms with Crippen LogP contribution in [-0.4, -0.2) is 48.3 Å². The minimum atomic E-state index is -0.842. The summed E-state index contributed by atoms with van der Waals surface area (Å²) < 4.78 is 16.0. The number of nitrogens with two attached hydrogens (primary N) is 1. The van der Waals surface area contributed by atoms with E-state index in [-0.39, 0.29) is 36.1 Å². The second-order valence-electron chi connectivity index (χ2n) is 7.37. The molecule has 2 aliphatic heterocycles. The van der Waals surface area contributed by atoms with Gasteiger partial charge in [0.1, 0.15) is 11.6 Å². The van der Waals surface area contributed by atoms with Gasteiger partial charge in [0.15, 0.2) is 0 Å². The highest BCUT2D eigenvalue weighted by atomic mass is 32.2. The van der Waals surface area contributed by atoms with Gasteiger partial charge in [0, 0.05) is 0 Å². The zero-order valence-corrected chi connectivity index (χ0v) is 19.5. The Hall–Kier alpha value is -2.94. The molecule has 172 valence electrons. The normalized spacial score (nSPS) is 20.4. The lowest BCUT2D eigenvalue weighted by Crippen LogP contribution is -2.40. The number of thioether (sulfide) groups is 1. The van der Waals surface area contributed by atoms with E-state index < -0.39 is 23.1 Å². The monoisotopic (exact) mass is 460 g/mol. The molecule has 0 unspecified atom stereocenters. The number of amides is 1. The number of ether oxygens (including phenoxy) is 3. The Morgan fingerprint density at radius 1 is 1.09 bits per heavy atom. The molecule has 1 fully saturated rings. The van der Waals surface area contributed by atoms with Crippen molar-refractivity contribution in [1.82, 2.24) is 4.90 Å². The van der Waals surface area contributed by atoms with Crippen molar-refractivity contribution in [3.05, 3.63) is 51.8 Å². The Labute approximate surface area is 191 Å². The molecule has 0 aromatic heterocycles. The number of carbonyl (C=O) groups is 3. The molecule has 1 amide bonds. The predicted molar refractivity (Wildman–Crippen MR) is 120 cm³/mol. The van der Waals surface area contributed by atoms with E-state index in [1.807, 2.05) is 6.92 Å². The van der Waals surface area contributed by atoms with Crippen LogP contribution < -0.4 is 10.5 Å². The van der Waals surface area contributed by atoms with Crippen LogP contribution in [0, 0.1) is 0 Å². The summed E-state index contributed by atoms with van der Waals surface area (Å²) in [4.78, 5) is 40.4. The molecular formula is C23H28N2O6S. The number of unbranched alkanes of at least 4 members (excludes halogenated alkanes) is 1. The molecule has 8 nitrogen and oxygen atoms in total. The van der Waals surface area contributed by atoms with Crippen LogP contribution in [0.4, 0.5) is 0 Å². The Morgan fingerprint density at radius 2 is 1.75 bits per heavy atom. The Bertz CT molecular complexity index is 969. The molecule has 1 aromatic carbocycles. The van der Waals surface area contributed by atoms with E-state index in [0.717, 1.165) is 6.42 Å². The van der Waals surface area contributed by atoms with Crippen molar-refractivity contribution < 1.29 is 28.6 Å². The molecule has 32 heavy (non-hydrogen) atoms. The Kier molecular flexibility index (Phi) is 7.50. The van der Waals surface area contributed by atoms with E-state index in [4.69, 9.17) is 19.9 Å². The van der Waals surface area contributed by atoms with Crippen molar-refractivity contribution >= 4 is 29.6 Å². The summed E-state index contributed by atoms with van der Waals surface area (Å²) in [7, 11) is 1.55. The number of benzene rings is 1. The van der Waals surface area contributed by atoms with Gasteiger partial charge >= 0.3 is 11.9 Å². The van der Waals surface area contributed by atoms with Gasteiger partial charge in [-0.1, -0.05) is 37.2 Å². The molecule has 2 aliphatic rings. The quantitative estimate of drug-likeness (QED) is 0.466. The first-order chi connectivity index (χ1) is 15.3. The molecule has 2 N–H and O–H groups in total. The van der Waals surface area contributed by atoms with E-state index in [1.54, 1.807) is 45.2 Å². The number of esters is 2. The van der Waals surface area contributed by atoms with Crippen molar-refractivity contribution in [2.45, 2.75) is 44.8 Å². The van der Waals surface area contributed by atoms with E-state index in [2.05, 4.69) is 0 Å². The number of hydrogen-bond acceptors (Lipinski definition) is 8.